The predicted octanol–water partition coefficient (Wildman–Crippen LogP) is 3.30. The Kier molecular flexibility index (Phi) is 8.24. The van der Waals surface area contributed by atoms with Gasteiger partial charge in [0, 0.05) is 18.2 Å². The zero-order valence-electron chi connectivity index (χ0n) is 13.6. The van der Waals surface area contributed by atoms with Crippen LogP contribution in [0, 0.1) is 0 Å². The minimum atomic E-state index is 0.0964. The number of nitrogens with zero attached hydrogens (tertiary/aromatic N) is 1. The Morgan fingerprint density at radius 3 is 2.24 bits per heavy atom. The number of carbonyl (C=O) groups excluding carboxylic acids is 1. The first-order valence-corrected chi connectivity index (χ1v) is 8.13. The average Bonchev–Trinajstić information content (AvgIpc) is 2.49. The van der Waals surface area contributed by atoms with Crippen LogP contribution in [0.4, 0.5) is 0 Å². The van der Waals surface area contributed by atoms with Crippen molar-refractivity contribution in [3.05, 3.63) is 35.4 Å². The van der Waals surface area contributed by atoms with Crippen LogP contribution >= 0.6 is 0 Å². The van der Waals surface area contributed by atoms with E-state index in [0.29, 0.717) is 19.1 Å². The van der Waals surface area contributed by atoms with Crippen molar-refractivity contribution in [3.63, 3.8) is 0 Å². The van der Waals surface area contributed by atoms with Gasteiger partial charge in [-0.1, -0.05) is 51.5 Å². The Balaban J connectivity index is 2.71. The number of hydrogen-bond acceptors (Lipinski definition) is 3. The normalized spacial score (nSPS) is 11.3. The van der Waals surface area contributed by atoms with E-state index >= 15 is 0 Å². The van der Waals surface area contributed by atoms with Gasteiger partial charge in [0.05, 0.1) is 13.2 Å². The van der Waals surface area contributed by atoms with Gasteiger partial charge in [-0.15, -0.1) is 0 Å². The van der Waals surface area contributed by atoms with Crippen molar-refractivity contribution in [1.29, 1.82) is 0 Å². The number of ketones is 1. The Labute approximate surface area is 129 Å². The maximum absolute atomic E-state index is 12.4. The molecule has 0 spiro atoms. The van der Waals surface area contributed by atoms with E-state index in [2.05, 4.69) is 25.7 Å². The molecule has 0 saturated heterocycles. The molecule has 1 aromatic rings. The summed E-state index contributed by atoms with van der Waals surface area (Å²) in [4.78, 5) is 14.5. The number of rotatable bonds is 10. The van der Waals surface area contributed by atoms with E-state index in [-0.39, 0.29) is 12.4 Å². The van der Waals surface area contributed by atoms with Crippen LogP contribution in [0.1, 0.15) is 56.0 Å². The molecule has 1 N–H and O–H groups in total. The molecule has 0 fully saturated rings. The van der Waals surface area contributed by atoms with Crippen LogP contribution in [-0.2, 0) is 6.42 Å². The molecule has 1 aromatic carbocycles. The summed E-state index contributed by atoms with van der Waals surface area (Å²) < 4.78 is 0. The van der Waals surface area contributed by atoms with Gasteiger partial charge >= 0.3 is 0 Å². The number of Topliss-reactive ketones (excluding diaryl/α,β-unsaturated/α-hetero) is 1. The van der Waals surface area contributed by atoms with Crippen molar-refractivity contribution in [2.45, 2.75) is 52.5 Å². The Hall–Kier alpha value is -1.19. The fourth-order valence-corrected chi connectivity index (χ4v) is 2.75. The third kappa shape index (κ3) is 5.60. The number of aliphatic hydroxyl groups excluding tert-OH is 1. The summed E-state index contributed by atoms with van der Waals surface area (Å²) in [6.45, 7) is 7.46. The molecule has 0 saturated carbocycles. The summed E-state index contributed by atoms with van der Waals surface area (Å²) in [6.07, 6.45) is 4.17. The standard InChI is InChI=1S/C18H29NO2/c1-4-7-15-8-10-16(11-9-15)18(21)14-19(12-13-20)17(5-2)6-3/h8-11,17,20H,4-7,12-14H2,1-3H3. The number of aryl methyl sites for hydroxylation is 1. The number of carbonyl (C=O) groups is 1. The molecule has 0 atom stereocenters. The summed E-state index contributed by atoms with van der Waals surface area (Å²) in [7, 11) is 0. The lowest BCUT2D eigenvalue weighted by Gasteiger charge is -2.29. The first-order chi connectivity index (χ1) is 10.2. The van der Waals surface area contributed by atoms with Gasteiger partial charge in [-0.25, -0.2) is 0 Å². The Morgan fingerprint density at radius 1 is 1.14 bits per heavy atom. The van der Waals surface area contributed by atoms with E-state index in [0.717, 1.165) is 31.2 Å². The van der Waals surface area contributed by atoms with Crippen LogP contribution in [0.25, 0.3) is 0 Å². The molecular weight excluding hydrogens is 262 g/mol. The quantitative estimate of drug-likeness (QED) is 0.672. The topological polar surface area (TPSA) is 40.5 Å². The summed E-state index contributed by atoms with van der Waals surface area (Å²) >= 11 is 0. The van der Waals surface area contributed by atoms with Gasteiger partial charge in [0.2, 0.25) is 0 Å². The molecule has 0 aliphatic carbocycles. The maximum atomic E-state index is 12.4. The molecule has 0 aliphatic rings. The summed E-state index contributed by atoms with van der Waals surface area (Å²) in [6, 6.07) is 8.31. The fraction of sp³-hybridized carbons (Fsp3) is 0.611. The van der Waals surface area contributed by atoms with Gasteiger partial charge in [0.15, 0.2) is 5.78 Å². The molecule has 0 amide bonds. The lowest BCUT2D eigenvalue weighted by molar-refractivity contribution is 0.0850. The van der Waals surface area contributed by atoms with Crippen LogP contribution < -0.4 is 0 Å². The lowest BCUT2D eigenvalue weighted by Crippen LogP contribution is -2.40. The van der Waals surface area contributed by atoms with E-state index in [1.54, 1.807) is 0 Å². The van der Waals surface area contributed by atoms with Crippen LogP contribution in [-0.4, -0.2) is 41.5 Å². The van der Waals surface area contributed by atoms with Crippen molar-refractivity contribution in [1.82, 2.24) is 4.90 Å². The Morgan fingerprint density at radius 2 is 1.76 bits per heavy atom. The van der Waals surface area contributed by atoms with Gasteiger partial charge in [-0.2, -0.15) is 0 Å². The third-order valence-corrected chi connectivity index (χ3v) is 4.01. The van der Waals surface area contributed by atoms with Gasteiger partial charge < -0.3 is 5.11 Å². The first-order valence-electron chi connectivity index (χ1n) is 8.13. The van der Waals surface area contributed by atoms with Gasteiger partial charge in [-0.3, -0.25) is 9.69 Å². The molecule has 0 radical (unpaired) electrons. The highest BCUT2D eigenvalue weighted by atomic mass is 16.3. The van der Waals surface area contributed by atoms with Crippen molar-refractivity contribution < 1.29 is 9.90 Å². The molecule has 3 nitrogen and oxygen atoms in total. The summed E-state index contributed by atoms with van der Waals surface area (Å²) in [5, 5.41) is 9.20. The lowest BCUT2D eigenvalue weighted by atomic mass is 10.0. The van der Waals surface area contributed by atoms with E-state index in [1.165, 1.54) is 5.56 Å². The van der Waals surface area contributed by atoms with Gasteiger partial charge in [-0.05, 0) is 24.8 Å². The second-order valence-corrected chi connectivity index (χ2v) is 5.53. The number of aliphatic hydroxyl groups is 1. The summed E-state index contributed by atoms with van der Waals surface area (Å²) in [5.74, 6) is 0.137. The molecule has 0 aromatic heterocycles. The molecular formula is C18H29NO2. The molecule has 0 bridgehead atoms. The Bertz CT molecular complexity index is 410. The molecule has 118 valence electrons. The van der Waals surface area contributed by atoms with Crippen LogP contribution in [0.5, 0.6) is 0 Å². The van der Waals surface area contributed by atoms with Crippen molar-refractivity contribution in [2.24, 2.45) is 0 Å². The predicted molar refractivity (Wildman–Crippen MR) is 87.8 cm³/mol. The van der Waals surface area contributed by atoms with Crippen molar-refractivity contribution in [2.75, 3.05) is 19.7 Å². The first kappa shape index (κ1) is 17.9. The zero-order chi connectivity index (χ0) is 15.7. The minimum Gasteiger partial charge on any atom is -0.395 e. The molecule has 1 rings (SSSR count). The zero-order valence-corrected chi connectivity index (χ0v) is 13.6. The smallest absolute Gasteiger partial charge is 0.176 e. The molecule has 3 heteroatoms. The van der Waals surface area contributed by atoms with Gasteiger partial charge in [0.1, 0.15) is 0 Å². The van der Waals surface area contributed by atoms with Gasteiger partial charge in [0.25, 0.3) is 0 Å². The largest absolute Gasteiger partial charge is 0.395 e. The second kappa shape index (κ2) is 9.69. The number of benzene rings is 1. The number of hydrogen-bond donors (Lipinski definition) is 1. The van der Waals surface area contributed by atoms with Crippen LogP contribution in [0.2, 0.25) is 0 Å². The highest BCUT2D eigenvalue weighted by Gasteiger charge is 2.18. The van der Waals surface area contributed by atoms with Crippen LogP contribution in [0.3, 0.4) is 0 Å². The second-order valence-electron chi connectivity index (χ2n) is 5.53. The van der Waals surface area contributed by atoms with Crippen LogP contribution in [0.15, 0.2) is 24.3 Å². The minimum absolute atomic E-state index is 0.0964. The van der Waals surface area contributed by atoms with E-state index in [1.807, 2.05) is 24.3 Å². The van der Waals surface area contributed by atoms with E-state index < -0.39 is 0 Å². The summed E-state index contributed by atoms with van der Waals surface area (Å²) in [5.41, 5.74) is 2.05. The molecule has 0 aliphatic heterocycles. The van der Waals surface area contributed by atoms with E-state index in [9.17, 15) is 9.90 Å². The molecule has 0 unspecified atom stereocenters. The SMILES string of the molecule is CCCc1ccc(C(=O)CN(CCO)C(CC)CC)cc1. The maximum Gasteiger partial charge on any atom is 0.176 e. The third-order valence-electron chi connectivity index (χ3n) is 4.01. The molecule has 21 heavy (non-hydrogen) atoms. The highest BCUT2D eigenvalue weighted by Crippen LogP contribution is 2.12. The van der Waals surface area contributed by atoms with E-state index in [4.69, 9.17) is 0 Å². The fourth-order valence-electron chi connectivity index (χ4n) is 2.75. The van der Waals surface area contributed by atoms with Crippen molar-refractivity contribution in [3.8, 4) is 0 Å². The average molecular weight is 291 g/mol. The van der Waals surface area contributed by atoms with Crippen molar-refractivity contribution >= 4 is 5.78 Å². The monoisotopic (exact) mass is 291 g/mol. The molecule has 0 heterocycles. The highest BCUT2D eigenvalue weighted by molar-refractivity contribution is 5.97.